The van der Waals surface area contributed by atoms with Crippen molar-refractivity contribution in [1.29, 1.82) is 0 Å². The number of pyridine rings is 1. The maximum absolute atomic E-state index is 8.63. The topological polar surface area (TPSA) is 159 Å². The zero-order valence-electron chi connectivity index (χ0n) is 20.8. The van der Waals surface area contributed by atoms with Crippen molar-refractivity contribution in [2.45, 2.75) is 19.9 Å². The molecule has 12 nitrogen and oxygen atoms in total. The van der Waals surface area contributed by atoms with Crippen LogP contribution in [0.25, 0.3) is 22.5 Å². The second-order valence-electron chi connectivity index (χ2n) is 8.26. The van der Waals surface area contributed by atoms with Gasteiger partial charge in [0.05, 0.1) is 58.5 Å². The molecule has 0 saturated heterocycles. The van der Waals surface area contributed by atoms with Gasteiger partial charge in [-0.1, -0.05) is 0 Å². The summed E-state index contributed by atoms with van der Waals surface area (Å²) < 4.78 is 18.0. The second-order valence-corrected chi connectivity index (χ2v) is 8.26. The molecule has 0 bridgehead atoms. The largest absolute Gasteiger partial charge is 0.397 e. The molecule has 0 aliphatic carbocycles. The molecule has 6 N–H and O–H groups in total. The third kappa shape index (κ3) is 8.14. The summed E-state index contributed by atoms with van der Waals surface area (Å²) in [4.78, 5) is 13.1. The molecule has 0 radical (unpaired) electrons. The number of nitrogens with one attached hydrogen (secondary N) is 1. The van der Waals surface area contributed by atoms with Crippen LogP contribution in [0.1, 0.15) is 19.4 Å². The maximum atomic E-state index is 8.63. The van der Waals surface area contributed by atoms with Crippen LogP contribution in [0.15, 0.2) is 43.3 Å². The predicted molar refractivity (Wildman–Crippen MR) is 138 cm³/mol. The van der Waals surface area contributed by atoms with Gasteiger partial charge >= 0.3 is 0 Å². The Kier molecular flexibility index (Phi) is 10.9. The molecule has 3 aromatic heterocycles. The van der Waals surface area contributed by atoms with Gasteiger partial charge in [0.2, 0.25) is 0 Å². The van der Waals surface area contributed by atoms with Crippen molar-refractivity contribution in [3.8, 4) is 5.82 Å². The lowest BCUT2D eigenvalue weighted by molar-refractivity contribution is 0.00593. The third-order valence-electron chi connectivity index (χ3n) is 5.02. The van der Waals surface area contributed by atoms with Crippen LogP contribution in [0, 0.1) is 0 Å². The molecule has 12 heteroatoms. The lowest BCUT2D eigenvalue weighted by Crippen LogP contribution is -2.30. The first kappa shape index (κ1) is 27.3. The van der Waals surface area contributed by atoms with E-state index < -0.39 is 0 Å². The van der Waals surface area contributed by atoms with Gasteiger partial charge in [0.25, 0.3) is 0 Å². The number of hydrogen-bond acceptors (Lipinski definition) is 11. The Morgan fingerprint density at radius 2 is 1.83 bits per heavy atom. The van der Waals surface area contributed by atoms with E-state index in [1.54, 1.807) is 18.6 Å². The molecule has 0 aliphatic heterocycles. The molecule has 0 aromatic carbocycles. The normalized spacial score (nSPS) is 12.0. The van der Waals surface area contributed by atoms with E-state index in [2.05, 4.69) is 34.1 Å². The van der Waals surface area contributed by atoms with Crippen molar-refractivity contribution in [1.82, 2.24) is 24.5 Å². The average Bonchev–Trinajstić information content (AvgIpc) is 3.29. The fourth-order valence-electron chi connectivity index (χ4n) is 3.39. The van der Waals surface area contributed by atoms with Crippen LogP contribution in [0.3, 0.4) is 0 Å². The highest BCUT2D eigenvalue weighted by Gasteiger charge is 2.13. The van der Waals surface area contributed by atoms with Crippen LogP contribution >= 0.6 is 0 Å². The van der Waals surface area contributed by atoms with Crippen LogP contribution in [0.2, 0.25) is 0 Å². The quantitative estimate of drug-likeness (QED) is 0.127. The van der Waals surface area contributed by atoms with Gasteiger partial charge in [0.1, 0.15) is 17.8 Å². The number of hydrazine groups is 1. The molecule has 3 rings (SSSR count). The summed E-state index contributed by atoms with van der Waals surface area (Å²) in [5.41, 5.74) is 9.23. The summed E-state index contributed by atoms with van der Waals surface area (Å²) in [6.07, 6.45) is 8.59. The van der Waals surface area contributed by atoms with Gasteiger partial charge in [0.15, 0.2) is 0 Å². The summed E-state index contributed by atoms with van der Waals surface area (Å²) in [5.74, 6) is 6.82. The maximum Gasteiger partial charge on any atom is 0.149 e. The van der Waals surface area contributed by atoms with Crippen LogP contribution < -0.4 is 16.9 Å². The number of aliphatic hydroxyl groups is 1. The van der Waals surface area contributed by atoms with Crippen LogP contribution in [-0.2, 0) is 14.2 Å². The first-order valence-corrected chi connectivity index (χ1v) is 11.9. The van der Waals surface area contributed by atoms with Crippen LogP contribution in [-0.4, -0.2) is 88.5 Å². The lowest BCUT2D eigenvalue weighted by Gasteiger charge is -2.19. The van der Waals surface area contributed by atoms with Gasteiger partial charge in [-0.2, -0.15) is 0 Å². The van der Waals surface area contributed by atoms with E-state index in [0.717, 1.165) is 22.3 Å². The number of nitrogens with zero attached hydrogens (tertiary/aromatic N) is 5. The fourth-order valence-corrected chi connectivity index (χ4v) is 3.39. The van der Waals surface area contributed by atoms with Gasteiger partial charge in [-0.15, -0.1) is 0 Å². The number of anilines is 1. The highest BCUT2D eigenvalue weighted by atomic mass is 16.5. The summed E-state index contributed by atoms with van der Waals surface area (Å²) in [6.45, 7) is 7.11. The molecule has 0 saturated carbocycles. The molecule has 0 amide bonds. The van der Waals surface area contributed by atoms with Crippen molar-refractivity contribution in [2.24, 2.45) is 11.6 Å². The Morgan fingerprint density at radius 3 is 2.56 bits per heavy atom. The monoisotopic (exact) mass is 500 g/mol. The number of nitrogens with two attached hydrogens (primary N) is 2. The number of hydrogen-bond donors (Lipinski definition) is 4. The molecular formula is C24H36N8O4. The Balaban J connectivity index is 1.57. The summed E-state index contributed by atoms with van der Waals surface area (Å²) >= 11 is 0. The molecule has 36 heavy (non-hydrogen) atoms. The highest BCUT2D eigenvalue weighted by Crippen LogP contribution is 2.25. The first-order chi connectivity index (χ1) is 17.5. The second kappa shape index (κ2) is 14.3. The van der Waals surface area contributed by atoms with Crippen molar-refractivity contribution in [2.75, 3.05) is 58.1 Å². The van der Waals surface area contributed by atoms with Crippen molar-refractivity contribution in [3.05, 3.63) is 48.8 Å². The van der Waals surface area contributed by atoms with Gasteiger partial charge < -0.3 is 35.4 Å². The van der Waals surface area contributed by atoms with E-state index in [9.17, 15) is 0 Å². The third-order valence-corrected chi connectivity index (χ3v) is 5.02. The minimum Gasteiger partial charge on any atom is -0.397 e. The lowest BCUT2D eigenvalue weighted by atomic mass is 10.1. The van der Waals surface area contributed by atoms with Gasteiger partial charge in [-0.3, -0.25) is 4.57 Å². The molecule has 3 aromatic rings. The molecule has 0 aliphatic rings. The van der Waals surface area contributed by atoms with Crippen molar-refractivity contribution in [3.63, 3.8) is 0 Å². The summed E-state index contributed by atoms with van der Waals surface area (Å²) in [5, 5.41) is 14.5. The fraction of sp³-hybridized carbons (Fsp3) is 0.458. The molecule has 196 valence electrons. The minimum absolute atomic E-state index is 0.00998. The van der Waals surface area contributed by atoms with Crippen LogP contribution in [0.4, 0.5) is 5.69 Å². The van der Waals surface area contributed by atoms with E-state index in [0.29, 0.717) is 57.7 Å². The highest BCUT2D eigenvalue weighted by molar-refractivity contribution is 5.78. The Labute approximate surface area is 210 Å². The molecule has 3 heterocycles. The predicted octanol–water partition coefficient (Wildman–Crippen LogP) is 1.11. The minimum atomic E-state index is 0.00998. The Hall–Kier alpha value is -3.29. The number of rotatable bonds is 16. The van der Waals surface area contributed by atoms with Crippen LogP contribution in [0.5, 0.6) is 0 Å². The SMILES string of the molecule is CC(C)Nc1cc(-n2ccc3cncnc32)ncc1/C(N)=C/N(N)CCOCCOCCOCCO. The zero-order valence-corrected chi connectivity index (χ0v) is 20.8. The molecule has 0 atom stereocenters. The van der Waals surface area contributed by atoms with E-state index in [1.165, 1.54) is 11.3 Å². The molecular weight excluding hydrogens is 464 g/mol. The number of aromatic nitrogens is 4. The van der Waals surface area contributed by atoms with E-state index in [-0.39, 0.29) is 12.6 Å². The van der Waals surface area contributed by atoms with E-state index in [1.807, 2.05) is 22.9 Å². The van der Waals surface area contributed by atoms with E-state index >= 15 is 0 Å². The van der Waals surface area contributed by atoms with Gasteiger partial charge in [0, 0.05) is 53.5 Å². The van der Waals surface area contributed by atoms with E-state index in [4.69, 9.17) is 30.9 Å². The first-order valence-electron chi connectivity index (χ1n) is 11.9. The number of aliphatic hydroxyl groups excluding tert-OH is 1. The van der Waals surface area contributed by atoms with Gasteiger partial charge in [-0.05, 0) is 19.9 Å². The average molecular weight is 501 g/mol. The Bertz CT molecular complexity index is 1100. The molecule has 0 spiro atoms. The van der Waals surface area contributed by atoms with Crippen molar-refractivity contribution < 1.29 is 19.3 Å². The Morgan fingerprint density at radius 1 is 1.11 bits per heavy atom. The molecule has 0 fully saturated rings. The summed E-state index contributed by atoms with van der Waals surface area (Å²) in [6, 6.07) is 4.07. The van der Waals surface area contributed by atoms with Crippen molar-refractivity contribution >= 4 is 22.4 Å². The standard InChI is InChI=1S/C24H36N8O4/c1-18(2)30-22-13-23(32-4-3-19-14-27-17-29-24(19)32)28-15-20(22)21(25)16-31(26)5-7-34-9-11-36-12-10-35-8-6-33/h3-4,13-18,33H,5-12,25-26H2,1-2H3,(H,28,30)/b21-16-. The number of fused-ring (bicyclic) bond motifs is 1. The summed E-state index contributed by atoms with van der Waals surface area (Å²) in [7, 11) is 0. The molecule has 0 unspecified atom stereocenters. The number of ether oxygens (including phenoxy) is 3. The van der Waals surface area contributed by atoms with Gasteiger partial charge in [-0.25, -0.2) is 20.8 Å². The zero-order chi connectivity index (χ0) is 25.8. The smallest absolute Gasteiger partial charge is 0.149 e.